The monoisotopic (exact) mass is 243 g/mol. The van der Waals surface area contributed by atoms with Gasteiger partial charge in [0.05, 0.1) is 18.9 Å². The first-order valence-electron chi connectivity index (χ1n) is 6.03. The number of para-hydroxylation sites is 2. The van der Waals surface area contributed by atoms with Crippen LogP contribution in [0.15, 0.2) is 36.5 Å². The van der Waals surface area contributed by atoms with Crippen molar-refractivity contribution in [3.8, 4) is 11.8 Å². The molecular formula is C14H17N3O. The second kappa shape index (κ2) is 5.97. The molecule has 0 unspecified atom stereocenters. The summed E-state index contributed by atoms with van der Waals surface area (Å²) in [7, 11) is 1.70. The highest BCUT2D eigenvalue weighted by atomic mass is 16.5. The summed E-state index contributed by atoms with van der Waals surface area (Å²) < 4.78 is 5.38. The smallest absolute Gasteiger partial charge is 0.142 e. The number of nitrogens with zero attached hydrogens (tertiary/aromatic N) is 3. The summed E-state index contributed by atoms with van der Waals surface area (Å²) in [5.74, 6) is 0.915. The van der Waals surface area contributed by atoms with Crippen LogP contribution in [0.1, 0.15) is 0 Å². The second-order valence-electron chi connectivity index (χ2n) is 4.14. The van der Waals surface area contributed by atoms with E-state index in [1.807, 2.05) is 30.5 Å². The van der Waals surface area contributed by atoms with E-state index in [2.05, 4.69) is 15.9 Å². The molecule has 4 nitrogen and oxygen atoms in total. The highest BCUT2D eigenvalue weighted by Crippen LogP contribution is 2.28. The minimum Gasteiger partial charge on any atom is -0.495 e. The van der Waals surface area contributed by atoms with Crippen LogP contribution in [-0.2, 0) is 0 Å². The van der Waals surface area contributed by atoms with Crippen LogP contribution in [0.3, 0.4) is 0 Å². The predicted octanol–water partition coefficient (Wildman–Crippen LogP) is 1.85. The minimum atomic E-state index is 0.915. The lowest BCUT2D eigenvalue weighted by molar-refractivity contribution is 0.346. The highest BCUT2D eigenvalue weighted by Gasteiger charge is 2.17. The van der Waals surface area contributed by atoms with Crippen LogP contribution in [0.5, 0.6) is 5.75 Å². The van der Waals surface area contributed by atoms with Gasteiger partial charge in [-0.1, -0.05) is 12.1 Å². The normalized spacial score (nSPS) is 15.8. The fourth-order valence-electron chi connectivity index (χ4n) is 2.14. The molecule has 1 heterocycles. The summed E-state index contributed by atoms with van der Waals surface area (Å²) in [4.78, 5) is 4.48. The van der Waals surface area contributed by atoms with Gasteiger partial charge in [-0.3, -0.25) is 0 Å². The molecule has 0 bridgehead atoms. The van der Waals surface area contributed by atoms with Gasteiger partial charge in [-0.2, -0.15) is 5.26 Å². The minimum absolute atomic E-state index is 0.915. The maximum atomic E-state index is 8.50. The van der Waals surface area contributed by atoms with Crippen LogP contribution in [0.25, 0.3) is 0 Å². The van der Waals surface area contributed by atoms with Crippen molar-refractivity contribution in [2.24, 2.45) is 0 Å². The van der Waals surface area contributed by atoms with E-state index in [1.165, 1.54) is 6.08 Å². The zero-order valence-corrected chi connectivity index (χ0v) is 10.5. The molecule has 1 aromatic carbocycles. The highest BCUT2D eigenvalue weighted by molar-refractivity contribution is 5.58. The van der Waals surface area contributed by atoms with E-state index in [0.717, 1.165) is 37.6 Å². The molecular weight excluding hydrogens is 226 g/mol. The van der Waals surface area contributed by atoms with Crippen molar-refractivity contribution in [3.05, 3.63) is 36.5 Å². The standard InChI is InChI=1S/C14H17N3O/c1-18-14-6-3-2-5-13(14)17-11-9-16(10-12-17)8-4-7-15/h2-6,8H,9-12H2,1H3/b8-4+. The molecule has 0 aliphatic carbocycles. The molecule has 0 aromatic heterocycles. The van der Waals surface area contributed by atoms with E-state index in [1.54, 1.807) is 7.11 Å². The number of rotatable bonds is 3. The van der Waals surface area contributed by atoms with Gasteiger partial charge in [0.1, 0.15) is 5.75 Å². The molecule has 1 aromatic rings. The summed E-state index contributed by atoms with van der Waals surface area (Å²) in [5.41, 5.74) is 1.14. The van der Waals surface area contributed by atoms with Gasteiger partial charge < -0.3 is 14.5 Å². The molecule has 0 atom stereocenters. The Labute approximate surface area is 108 Å². The SMILES string of the molecule is COc1ccccc1N1CCN(/C=C/C#N)CC1. The Morgan fingerprint density at radius 1 is 1.22 bits per heavy atom. The van der Waals surface area contributed by atoms with Crippen molar-refractivity contribution in [2.75, 3.05) is 38.2 Å². The molecule has 94 valence electrons. The maximum Gasteiger partial charge on any atom is 0.142 e. The number of methoxy groups -OCH3 is 1. The molecule has 1 fully saturated rings. The number of piperazine rings is 1. The Hall–Kier alpha value is -2.15. The van der Waals surface area contributed by atoms with Gasteiger partial charge in [0.25, 0.3) is 0 Å². The van der Waals surface area contributed by atoms with Crippen molar-refractivity contribution in [1.29, 1.82) is 5.26 Å². The van der Waals surface area contributed by atoms with Crippen LogP contribution < -0.4 is 9.64 Å². The lowest BCUT2D eigenvalue weighted by Crippen LogP contribution is -2.44. The van der Waals surface area contributed by atoms with Crippen molar-refractivity contribution in [1.82, 2.24) is 4.90 Å². The zero-order chi connectivity index (χ0) is 12.8. The average Bonchev–Trinajstić information content (AvgIpc) is 2.45. The van der Waals surface area contributed by atoms with Crippen LogP contribution in [-0.4, -0.2) is 38.2 Å². The predicted molar refractivity (Wildman–Crippen MR) is 71.5 cm³/mol. The molecule has 0 spiro atoms. The van der Waals surface area contributed by atoms with Gasteiger partial charge >= 0.3 is 0 Å². The first-order chi connectivity index (χ1) is 8.85. The largest absolute Gasteiger partial charge is 0.495 e. The van der Waals surface area contributed by atoms with E-state index in [0.29, 0.717) is 0 Å². The second-order valence-corrected chi connectivity index (χ2v) is 4.14. The fourth-order valence-corrected chi connectivity index (χ4v) is 2.14. The molecule has 2 rings (SSSR count). The third kappa shape index (κ3) is 2.75. The Bertz CT molecular complexity index is 456. The van der Waals surface area contributed by atoms with E-state index >= 15 is 0 Å². The van der Waals surface area contributed by atoms with Crippen molar-refractivity contribution < 1.29 is 4.74 Å². The van der Waals surface area contributed by atoms with Gasteiger partial charge in [-0.15, -0.1) is 0 Å². The fraction of sp³-hybridized carbons (Fsp3) is 0.357. The Morgan fingerprint density at radius 2 is 1.94 bits per heavy atom. The molecule has 0 amide bonds. The number of hydrogen-bond acceptors (Lipinski definition) is 4. The Balaban J connectivity index is 2.01. The topological polar surface area (TPSA) is 39.5 Å². The summed E-state index contributed by atoms with van der Waals surface area (Å²) in [6.45, 7) is 3.73. The summed E-state index contributed by atoms with van der Waals surface area (Å²) in [6.07, 6.45) is 3.39. The van der Waals surface area contributed by atoms with Gasteiger partial charge in [0.15, 0.2) is 0 Å². The van der Waals surface area contributed by atoms with E-state index in [-0.39, 0.29) is 0 Å². The first-order valence-corrected chi connectivity index (χ1v) is 6.03. The van der Waals surface area contributed by atoms with Crippen LogP contribution in [0.4, 0.5) is 5.69 Å². The Kier molecular flexibility index (Phi) is 4.08. The third-order valence-electron chi connectivity index (χ3n) is 3.10. The molecule has 4 heteroatoms. The lowest BCUT2D eigenvalue weighted by atomic mass is 10.2. The number of allylic oxidation sites excluding steroid dienone is 1. The molecule has 0 radical (unpaired) electrons. The van der Waals surface area contributed by atoms with Crippen molar-refractivity contribution in [3.63, 3.8) is 0 Å². The number of hydrogen-bond donors (Lipinski definition) is 0. The number of anilines is 1. The van der Waals surface area contributed by atoms with Gasteiger partial charge in [-0.05, 0) is 12.1 Å². The Morgan fingerprint density at radius 3 is 2.61 bits per heavy atom. The third-order valence-corrected chi connectivity index (χ3v) is 3.10. The maximum absolute atomic E-state index is 8.50. The lowest BCUT2D eigenvalue weighted by Gasteiger charge is -2.35. The van der Waals surface area contributed by atoms with Crippen molar-refractivity contribution in [2.45, 2.75) is 0 Å². The summed E-state index contributed by atoms with van der Waals surface area (Å²) in [5, 5.41) is 8.50. The number of ether oxygens (including phenoxy) is 1. The van der Waals surface area contributed by atoms with E-state index in [4.69, 9.17) is 10.00 Å². The number of benzene rings is 1. The molecule has 0 N–H and O–H groups in total. The van der Waals surface area contributed by atoms with Crippen LogP contribution in [0, 0.1) is 11.3 Å². The molecule has 1 aliphatic heterocycles. The van der Waals surface area contributed by atoms with Gasteiger partial charge in [-0.25, -0.2) is 0 Å². The zero-order valence-electron chi connectivity index (χ0n) is 10.5. The van der Waals surface area contributed by atoms with Gasteiger partial charge in [0, 0.05) is 38.5 Å². The average molecular weight is 243 g/mol. The summed E-state index contributed by atoms with van der Waals surface area (Å²) in [6, 6.07) is 10.1. The summed E-state index contributed by atoms with van der Waals surface area (Å²) >= 11 is 0. The quantitative estimate of drug-likeness (QED) is 0.760. The van der Waals surface area contributed by atoms with Crippen LogP contribution >= 0.6 is 0 Å². The van der Waals surface area contributed by atoms with E-state index < -0.39 is 0 Å². The van der Waals surface area contributed by atoms with E-state index in [9.17, 15) is 0 Å². The first kappa shape index (κ1) is 12.3. The van der Waals surface area contributed by atoms with Crippen molar-refractivity contribution >= 4 is 5.69 Å². The number of nitriles is 1. The molecule has 1 saturated heterocycles. The molecule has 1 aliphatic rings. The molecule has 0 saturated carbocycles. The molecule has 18 heavy (non-hydrogen) atoms. The van der Waals surface area contributed by atoms with Gasteiger partial charge in [0.2, 0.25) is 0 Å². The van der Waals surface area contributed by atoms with Crippen LogP contribution in [0.2, 0.25) is 0 Å².